The number of carbonyl (C=O) groups is 1. The molecule has 92 valence electrons. The van der Waals surface area contributed by atoms with Gasteiger partial charge in [-0.05, 0) is 42.0 Å². The molecule has 0 amide bonds. The van der Waals surface area contributed by atoms with Crippen molar-refractivity contribution in [1.82, 2.24) is 0 Å². The fourth-order valence-electron chi connectivity index (χ4n) is 1.70. The molecule has 0 saturated heterocycles. The van der Waals surface area contributed by atoms with Gasteiger partial charge in [0.2, 0.25) is 0 Å². The van der Waals surface area contributed by atoms with Crippen molar-refractivity contribution >= 4 is 11.5 Å². The predicted molar refractivity (Wildman–Crippen MR) is 71.9 cm³/mol. The van der Waals surface area contributed by atoms with E-state index in [9.17, 15) is 4.79 Å². The Morgan fingerprint density at radius 1 is 1.06 bits per heavy atom. The number of hydrogen-bond donors (Lipinski definition) is 1. The van der Waals surface area contributed by atoms with E-state index < -0.39 is 0 Å². The van der Waals surface area contributed by atoms with Gasteiger partial charge >= 0.3 is 0 Å². The molecule has 0 fully saturated rings. The summed E-state index contributed by atoms with van der Waals surface area (Å²) in [5, 5.41) is 0. The Morgan fingerprint density at radius 2 is 1.67 bits per heavy atom. The molecule has 3 heteroatoms. The number of Topliss-reactive ketones (excluding diaryl/α,β-unsaturated/α-hetero) is 1. The third-order valence-corrected chi connectivity index (χ3v) is 2.76. The summed E-state index contributed by atoms with van der Waals surface area (Å²) >= 11 is 0. The van der Waals surface area contributed by atoms with E-state index in [1.54, 1.807) is 31.4 Å². The van der Waals surface area contributed by atoms with Crippen LogP contribution in [0.25, 0.3) is 0 Å². The summed E-state index contributed by atoms with van der Waals surface area (Å²) in [5.41, 5.74) is 7.90. The van der Waals surface area contributed by atoms with Crippen LogP contribution in [0.1, 0.15) is 15.9 Å². The highest BCUT2D eigenvalue weighted by Crippen LogP contribution is 2.14. The van der Waals surface area contributed by atoms with Crippen LogP contribution in [0.3, 0.4) is 0 Å². The summed E-state index contributed by atoms with van der Waals surface area (Å²) in [4.78, 5) is 12.0. The van der Waals surface area contributed by atoms with Crippen molar-refractivity contribution in [3.05, 3.63) is 59.7 Å². The number of rotatable bonds is 4. The molecule has 2 rings (SSSR count). The van der Waals surface area contributed by atoms with E-state index in [0.29, 0.717) is 17.7 Å². The van der Waals surface area contributed by atoms with Gasteiger partial charge in [-0.25, -0.2) is 0 Å². The molecule has 2 aromatic carbocycles. The molecule has 0 aliphatic rings. The van der Waals surface area contributed by atoms with Crippen molar-refractivity contribution in [3.63, 3.8) is 0 Å². The van der Waals surface area contributed by atoms with Crippen LogP contribution in [0.4, 0.5) is 5.69 Å². The number of benzene rings is 2. The van der Waals surface area contributed by atoms with Gasteiger partial charge in [-0.15, -0.1) is 0 Å². The van der Waals surface area contributed by atoms with Crippen LogP contribution >= 0.6 is 0 Å². The van der Waals surface area contributed by atoms with Gasteiger partial charge in [0.15, 0.2) is 5.78 Å². The van der Waals surface area contributed by atoms with Crippen molar-refractivity contribution in [2.45, 2.75) is 6.42 Å². The Bertz CT molecular complexity index is 529. The van der Waals surface area contributed by atoms with Crippen molar-refractivity contribution in [3.8, 4) is 5.75 Å². The lowest BCUT2D eigenvalue weighted by atomic mass is 10.0. The monoisotopic (exact) mass is 241 g/mol. The molecule has 0 aromatic heterocycles. The third-order valence-electron chi connectivity index (χ3n) is 2.76. The van der Waals surface area contributed by atoms with Crippen molar-refractivity contribution in [2.24, 2.45) is 0 Å². The van der Waals surface area contributed by atoms with Gasteiger partial charge in [0.05, 0.1) is 7.11 Å². The van der Waals surface area contributed by atoms with Crippen LogP contribution in [-0.2, 0) is 6.42 Å². The first-order chi connectivity index (χ1) is 8.69. The fraction of sp³-hybridized carbons (Fsp3) is 0.133. The second kappa shape index (κ2) is 5.36. The van der Waals surface area contributed by atoms with Crippen molar-refractivity contribution < 1.29 is 9.53 Å². The first-order valence-corrected chi connectivity index (χ1v) is 5.71. The van der Waals surface area contributed by atoms with Crippen LogP contribution < -0.4 is 10.5 Å². The summed E-state index contributed by atoms with van der Waals surface area (Å²) < 4.78 is 5.07. The van der Waals surface area contributed by atoms with Crippen LogP contribution in [0, 0.1) is 0 Å². The topological polar surface area (TPSA) is 52.3 Å². The quantitative estimate of drug-likeness (QED) is 0.661. The molecule has 0 unspecified atom stereocenters. The summed E-state index contributed by atoms with van der Waals surface area (Å²) in [6.45, 7) is 0. The molecule has 3 nitrogen and oxygen atoms in total. The third kappa shape index (κ3) is 2.88. The SMILES string of the molecule is COc1ccc(CC(=O)c2ccc(N)cc2)cc1. The van der Waals surface area contributed by atoms with Gasteiger partial charge in [0.25, 0.3) is 0 Å². The summed E-state index contributed by atoms with van der Waals surface area (Å²) in [7, 11) is 1.62. The lowest BCUT2D eigenvalue weighted by Gasteiger charge is -2.04. The largest absolute Gasteiger partial charge is 0.497 e. The van der Waals surface area contributed by atoms with Gasteiger partial charge in [-0.2, -0.15) is 0 Å². The smallest absolute Gasteiger partial charge is 0.167 e. The van der Waals surface area contributed by atoms with E-state index in [-0.39, 0.29) is 5.78 Å². The Labute approximate surface area is 106 Å². The second-order valence-electron chi connectivity index (χ2n) is 4.07. The van der Waals surface area contributed by atoms with E-state index in [0.717, 1.165) is 11.3 Å². The predicted octanol–water partition coefficient (Wildman–Crippen LogP) is 2.70. The minimum atomic E-state index is 0.0835. The zero-order valence-electron chi connectivity index (χ0n) is 10.2. The van der Waals surface area contributed by atoms with E-state index in [1.165, 1.54) is 0 Å². The van der Waals surface area contributed by atoms with Gasteiger partial charge in [0.1, 0.15) is 5.75 Å². The number of ether oxygens (including phenoxy) is 1. The Kier molecular flexibility index (Phi) is 3.63. The van der Waals surface area contributed by atoms with Crippen LogP contribution in [-0.4, -0.2) is 12.9 Å². The maximum Gasteiger partial charge on any atom is 0.167 e. The zero-order chi connectivity index (χ0) is 13.0. The Morgan fingerprint density at radius 3 is 2.22 bits per heavy atom. The molecule has 18 heavy (non-hydrogen) atoms. The normalized spacial score (nSPS) is 10.1. The van der Waals surface area contributed by atoms with Gasteiger partial charge < -0.3 is 10.5 Å². The van der Waals surface area contributed by atoms with Gasteiger partial charge in [0, 0.05) is 17.7 Å². The highest BCUT2D eigenvalue weighted by Gasteiger charge is 2.06. The fourth-order valence-corrected chi connectivity index (χ4v) is 1.70. The molecule has 0 saturated carbocycles. The molecular formula is C15H15NO2. The summed E-state index contributed by atoms with van der Waals surface area (Å²) in [6.07, 6.45) is 0.383. The van der Waals surface area contributed by atoms with E-state index in [4.69, 9.17) is 10.5 Å². The highest BCUT2D eigenvalue weighted by atomic mass is 16.5. The Hall–Kier alpha value is -2.29. The highest BCUT2D eigenvalue weighted by molar-refractivity contribution is 5.97. The molecule has 0 atom stereocenters. The summed E-state index contributed by atoms with van der Waals surface area (Å²) in [5.74, 6) is 0.874. The maximum absolute atomic E-state index is 12.0. The lowest BCUT2D eigenvalue weighted by molar-refractivity contribution is 0.0993. The minimum Gasteiger partial charge on any atom is -0.497 e. The zero-order valence-corrected chi connectivity index (χ0v) is 10.2. The average molecular weight is 241 g/mol. The second-order valence-corrected chi connectivity index (χ2v) is 4.07. The molecule has 0 bridgehead atoms. The first kappa shape index (κ1) is 12.2. The molecule has 0 radical (unpaired) electrons. The molecular weight excluding hydrogens is 226 g/mol. The molecule has 2 aromatic rings. The number of nitrogens with two attached hydrogens (primary N) is 1. The number of anilines is 1. The number of carbonyl (C=O) groups excluding carboxylic acids is 1. The summed E-state index contributed by atoms with van der Waals surface area (Å²) in [6, 6.07) is 14.5. The lowest BCUT2D eigenvalue weighted by Crippen LogP contribution is -2.03. The van der Waals surface area contributed by atoms with Crippen LogP contribution in [0.5, 0.6) is 5.75 Å². The Balaban J connectivity index is 2.08. The standard InChI is InChI=1S/C15H15NO2/c1-18-14-8-2-11(3-9-14)10-15(17)12-4-6-13(16)7-5-12/h2-9H,10,16H2,1H3. The van der Waals surface area contributed by atoms with E-state index >= 15 is 0 Å². The average Bonchev–Trinajstić information content (AvgIpc) is 2.40. The van der Waals surface area contributed by atoms with Crippen molar-refractivity contribution in [2.75, 3.05) is 12.8 Å². The van der Waals surface area contributed by atoms with Gasteiger partial charge in [-0.3, -0.25) is 4.79 Å². The van der Waals surface area contributed by atoms with Crippen molar-refractivity contribution in [1.29, 1.82) is 0 Å². The number of ketones is 1. The first-order valence-electron chi connectivity index (χ1n) is 5.71. The van der Waals surface area contributed by atoms with Crippen LogP contribution in [0.15, 0.2) is 48.5 Å². The molecule has 2 N–H and O–H groups in total. The van der Waals surface area contributed by atoms with Crippen LogP contribution in [0.2, 0.25) is 0 Å². The van der Waals surface area contributed by atoms with Gasteiger partial charge in [-0.1, -0.05) is 12.1 Å². The minimum absolute atomic E-state index is 0.0835. The van der Waals surface area contributed by atoms with E-state index in [1.807, 2.05) is 24.3 Å². The molecule has 0 heterocycles. The van der Waals surface area contributed by atoms with E-state index in [2.05, 4.69) is 0 Å². The number of hydrogen-bond acceptors (Lipinski definition) is 3. The maximum atomic E-state index is 12.0. The number of methoxy groups -OCH3 is 1. The molecule has 0 aliphatic carbocycles. The molecule has 0 aliphatic heterocycles. The molecule has 0 spiro atoms. The number of nitrogen functional groups attached to an aromatic ring is 1.